The number of aromatic carboxylic acids is 1. The van der Waals surface area contributed by atoms with Crippen molar-refractivity contribution in [2.45, 2.75) is 12.6 Å². The smallest absolute Gasteiger partial charge is 0.416 e. The number of anilines is 2. The molecule has 0 spiro atoms. The first-order valence-electron chi connectivity index (χ1n) is 12.2. The predicted molar refractivity (Wildman–Crippen MR) is 147 cm³/mol. The van der Waals surface area contributed by atoms with E-state index in [9.17, 15) is 23.1 Å². The van der Waals surface area contributed by atoms with E-state index >= 15 is 0 Å². The van der Waals surface area contributed by atoms with E-state index in [0.29, 0.717) is 40.1 Å². The number of carboxylic acids is 1. The van der Waals surface area contributed by atoms with Crippen LogP contribution in [0.15, 0.2) is 103 Å². The van der Waals surface area contributed by atoms with Gasteiger partial charge < -0.3 is 14.7 Å². The molecule has 1 N–H and O–H groups in total. The summed E-state index contributed by atoms with van der Waals surface area (Å²) in [5.74, 6) is -0.612. The Morgan fingerprint density at radius 2 is 1.57 bits per heavy atom. The van der Waals surface area contributed by atoms with Gasteiger partial charge in [-0.2, -0.15) is 13.2 Å². The average Bonchev–Trinajstić information content (AvgIpc) is 3.44. The summed E-state index contributed by atoms with van der Waals surface area (Å²) < 4.78 is 45.0. The van der Waals surface area contributed by atoms with Crippen LogP contribution in [0.3, 0.4) is 0 Å². The third-order valence-corrected chi connectivity index (χ3v) is 6.99. The highest BCUT2D eigenvalue weighted by Crippen LogP contribution is 2.36. The third-order valence-electron chi connectivity index (χ3n) is 5.99. The zero-order valence-corrected chi connectivity index (χ0v) is 21.7. The molecule has 0 aliphatic heterocycles. The van der Waals surface area contributed by atoms with E-state index in [-0.39, 0.29) is 11.3 Å². The van der Waals surface area contributed by atoms with Crippen molar-refractivity contribution in [3.63, 3.8) is 0 Å². The summed E-state index contributed by atoms with van der Waals surface area (Å²) in [6.45, 7) is 0.528. The molecule has 0 fully saturated rings. The third kappa shape index (κ3) is 6.47. The number of alkyl halides is 3. The SMILES string of the molecule is O=C(O)c1cccc(N(CCc2ccccc2)c2nnc(-c3cccc(Oc4cccc(C(F)(F)F)c4)c3)s2)c1. The molecular formula is C30H22F3N3O3S. The fourth-order valence-electron chi connectivity index (χ4n) is 4.03. The first-order chi connectivity index (χ1) is 19.3. The molecule has 0 aliphatic carbocycles. The second-order valence-corrected chi connectivity index (χ2v) is 9.74. The van der Waals surface area contributed by atoms with Crippen LogP contribution in [0.2, 0.25) is 0 Å². The van der Waals surface area contributed by atoms with Crippen LogP contribution in [0.5, 0.6) is 11.5 Å². The summed E-state index contributed by atoms with van der Waals surface area (Å²) in [6.07, 6.45) is -3.78. The van der Waals surface area contributed by atoms with Crippen LogP contribution in [0, 0.1) is 0 Å². The molecule has 6 nitrogen and oxygen atoms in total. The minimum absolute atomic E-state index is 0.0651. The van der Waals surface area contributed by atoms with Gasteiger partial charge >= 0.3 is 12.1 Å². The lowest BCUT2D eigenvalue weighted by Gasteiger charge is -2.22. The maximum atomic E-state index is 13.1. The highest BCUT2D eigenvalue weighted by Gasteiger charge is 2.30. The summed E-state index contributed by atoms with van der Waals surface area (Å²) >= 11 is 1.31. The lowest BCUT2D eigenvalue weighted by Crippen LogP contribution is -2.20. The molecule has 0 unspecified atom stereocenters. The van der Waals surface area contributed by atoms with E-state index in [1.165, 1.54) is 29.5 Å². The van der Waals surface area contributed by atoms with Gasteiger partial charge in [0.05, 0.1) is 11.1 Å². The monoisotopic (exact) mass is 561 g/mol. The summed E-state index contributed by atoms with van der Waals surface area (Å²) in [6, 6.07) is 28.1. The Kier molecular flexibility index (Phi) is 7.79. The van der Waals surface area contributed by atoms with E-state index in [0.717, 1.165) is 17.7 Å². The molecule has 0 saturated heterocycles. The Morgan fingerprint density at radius 3 is 2.33 bits per heavy atom. The molecule has 0 saturated carbocycles. The standard InChI is InChI=1S/C30H22F3N3O3S/c31-30(32,33)23-11-6-14-26(19-23)39-25-13-5-9-21(18-25)27-34-35-29(40-27)36(16-15-20-7-2-1-3-8-20)24-12-4-10-22(17-24)28(37)38/h1-14,17-19H,15-16H2,(H,37,38). The van der Waals surface area contributed by atoms with Crippen molar-refractivity contribution in [1.82, 2.24) is 10.2 Å². The number of carboxylic acid groups (broad SMARTS) is 1. The summed E-state index contributed by atoms with van der Waals surface area (Å²) in [5, 5.41) is 19.4. The largest absolute Gasteiger partial charge is 0.478 e. The summed E-state index contributed by atoms with van der Waals surface area (Å²) in [7, 11) is 0. The number of benzene rings is 4. The van der Waals surface area contributed by atoms with Crippen LogP contribution in [-0.2, 0) is 12.6 Å². The topological polar surface area (TPSA) is 75.5 Å². The Morgan fingerprint density at radius 1 is 0.850 bits per heavy atom. The average molecular weight is 562 g/mol. The Labute approximate surface area is 231 Å². The van der Waals surface area contributed by atoms with Gasteiger partial charge in [0, 0.05) is 17.8 Å². The van der Waals surface area contributed by atoms with Gasteiger partial charge in [-0.25, -0.2) is 4.79 Å². The molecular weight excluding hydrogens is 539 g/mol. The molecule has 5 aromatic rings. The molecule has 5 rings (SSSR count). The fourth-order valence-corrected chi connectivity index (χ4v) is 4.92. The summed E-state index contributed by atoms with van der Waals surface area (Å²) in [4.78, 5) is 13.5. The Balaban J connectivity index is 1.42. The number of hydrogen-bond acceptors (Lipinski definition) is 6. The molecule has 40 heavy (non-hydrogen) atoms. The molecule has 0 atom stereocenters. The first kappa shape index (κ1) is 26.9. The number of aromatic nitrogens is 2. The molecule has 0 bridgehead atoms. The van der Waals surface area contributed by atoms with Gasteiger partial charge in [0.2, 0.25) is 5.13 Å². The van der Waals surface area contributed by atoms with Gasteiger partial charge in [-0.1, -0.05) is 65.9 Å². The van der Waals surface area contributed by atoms with Gasteiger partial charge in [0.15, 0.2) is 0 Å². The number of hydrogen-bond donors (Lipinski definition) is 1. The van der Waals surface area contributed by atoms with Crippen LogP contribution in [0.1, 0.15) is 21.5 Å². The lowest BCUT2D eigenvalue weighted by atomic mass is 10.1. The van der Waals surface area contributed by atoms with Gasteiger partial charge in [-0.15, -0.1) is 10.2 Å². The number of halogens is 3. The molecule has 1 heterocycles. The van der Waals surface area contributed by atoms with Crippen molar-refractivity contribution in [2.75, 3.05) is 11.4 Å². The van der Waals surface area contributed by atoms with Crippen LogP contribution in [0.25, 0.3) is 10.6 Å². The van der Waals surface area contributed by atoms with Gasteiger partial charge in [-0.3, -0.25) is 0 Å². The Hall–Kier alpha value is -4.70. The highest BCUT2D eigenvalue weighted by molar-refractivity contribution is 7.18. The van der Waals surface area contributed by atoms with Crippen molar-refractivity contribution in [3.05, 3.63) is 120 Å². The van der Waals surface area contributed by atoms with E-state index < -0.39 is 17.7 Å². The van der Waals surface area contributed by atoms with Crippen molar-refractivity contribution < 1.29 is 27.8 Å². The maximum Gasteiger partial charge on any atom is 0.416 e. The molecule has 202 valence electrons. The lowest BCUT2D eigenvalue weighted by molar-refractivity contribution is -0.137. The molecule has 1 aromatic heterocycles. The van der Waals surface area contributed by atoms with Crippen molar-refractivity contribution in [3.8, 4) is 22.1 Å². The molecule has 0 amide bonds. The van der Waals surface area contributed by atoms with Gasteiger partial charge in [0.1, 0.15) is 16.5 Å². The number of rotatable bonds is 9. The maximum absolute atomic E-state index is 13.1. The van der Waals surface area contributed by atoms with Crippen LogP contribution in [0.4, 0.5) is 24.0 Å². The number of ether oxygens (including phenoxy) is 1. The molecule has 0 aliphatic rings. The molecule has 4 aromatic carbocycles. The van der Waals surface area contributed by atoms with Crippen LogP contribution < -0.4 is 9.64 Å². The van der Waals surface area contributed by atoms with Gasteiger partial charge in [-0.05, 0) is 60.5 Å². The minimum Gasteiger partial charge on any atom is -0.478 e. The zero-order chi connectivity index (χ0) is 28.1. The summed E-state index contributed by atoms with van der Waals surface area (Å²) in [5.41, 5.74) is 1.82. The van der Waals surface area contributed by atoms with Crippen LogP contribution in [-0.4, -0.2) is 27.8 Å². The van der Waals surface area contributed by atoms with E-state index in [4.69, 9.17) is 4.74 Å². The second-order valence-electron chi connectivity index (χ2n) is 8.79. The fraction of sp³-hybridized carbons (Fsp3) is 0.100. The van der Waals surface area contributed by atoms with Crippen molar-refractivity contribution >= 4 is 28.1 Å². The number of nitrogens with zero attached hydrogens (tertiary/aromatic N) is 3. The van der Waals surface area contributed by atoms with E-state index in [2.05, 4.69) is 10.2 Å². The van der Waals surface area contributed by atoms with Crippen molar-refractivity contribution in [2.24, 2.45) is 0 Å². The normalized spacial score (nSPS) is 11.3. The Bertz CT molecular complexity index is 1620. The second kappa shape index (κ2) is 11.6. The predicted octanol–water partition coefficient (Wildman–Crippen LogP) is 8.10. The van der Waals surface area contributed by atoms with Crippen molar-refractivity contribution in [1.29, 1.82) is 0 Å². The minimum atomic E-state index is -4.47. The number of carbonyl (C=O) groups is 1. The van der Waals surface area contributed by atoms with E-state index in [1.807, 2.05) is 47.4 Å². The molecule has 0 radical (unpaired) electrons. The van der Waals surface area contributed by atoms with Gasteiger partial charge in [0.25, 0.3) is 0 Å². The first-order valence-corrected chi connectivity index (χ1v) is 13.0. The highest BCUT2D eigenvalue weighted by atomic mass is 32.1. The quantitative estimate of drug-likeness (QED) is 0.196. The zero-order valence-electron chi connectivity index (χ0n) is 20.9. The van der Waals surface area contributed by atoms with Crippen LogP contribution >= 0.6 is 11.3 Å². The van der Waals surface area contributed by atoms with E-state index in [1.54, 1.807) is 30.3 Å². The molecule has 10 heteroatoms.